The first-order valence-corrected chi connectivity index (χ1v) is 8.70. The molecule has 124 valence electrons. The van der Waals surface area contributed by atoms with Crippen LogP contribution in [0.25, 0.3) is 0 Å². The van der Waals surface area contributed by atoms with Crippen LogP contribution in [0.2, 0.25) is 0 Å². The monoisotopic (exact) mass is 306 g/mol. The quantitative estimate of drug-likeness (QED) is 0.844. The normalized spacial score (nSPS) is 23.5. The first kappa shape index (κ1) is 17.3. The molecule has 1 aromatic carbocycles. The third kappa shape index (κ3) is 4.99. The van der Waals surface area contributed by atoms with Crippen molar-refractivity contribution in [3.05, 3.63) is 29.3 Å². The maximum absolute atomic E-state index is 10.3. The number of ether oxygens (including phenoxy) is 1. The fourth-order valence-corrected chi connectivity index (χ4v) is 3.20. The molecule has 0 radical (unpaired) electrons. The molecule has 1 saturated heterocycles. The summed E-state index contributed by atoms with van der Waals surface area (Å²) in [5.74, 6) is 2.20. The van der Waals surface area contributed by atoms with Crippen molar-refractivity contribution in [2.24, 2.45) is 5.92 Å². The van der Waals surface area contributed by atoms with Crippen LogP contribution in [0.15, 0.2) is 18.2 Å². The summed E-state index contributed by atoms with van der Waals surface area (Å²) in [7, 11) is 0. The lowest BCUT2D eigenvalue weighted by atomic mass is 9.99. The predicted molar refractivity (Wildman–Crippen MR) is 90.7 cm³/mol. The Morgan fingerprint density at radius 1 is 1.27 bits per heavy atom. The summed E-state index contributed by atoms with van der Waals surface area (Å²) in [4.78, 5) is 1.52. The SMILES string of the molecule is Cc1ccc(C(C)C)c(OCC(O)C[NH+]2CCC(C)CC2)c1. The number of hydrogen-bond donors (Lipinski definition) is 2. The number of quaternary nitrogens is 1. The second kappa shape index (κ2) is 7.98. The molecular formula is C19H32NO2+. The van der Waals surface area contributed by atoms with E-state index in [1.807, 2.05) is 0 Å². The van der Waals surface area contributed by atoms with Crippen molar-refractivity contribution >= 4 is 0 Å². The molecule has 1 aliphatic heterocycles. The lowest BCUT2D eigenvalue weighted by Crippen LogP contribution is -3.14. The van der Waals surface area contributed by atoms with Crippen molar-refractivity contribution in [3.8, 4) is 5.75 Å². The molecule has 22 heavy (non-hydrogen) atoms. The molecule has 0 saturated carbocycles. The Morgan fingerprint density at radius 3 is 2.59 bits per heavy atom. The number of aryl methyl sites for hydroxylation is 1. The van der Waals surface area contributed by atoms with Gasteiger partial charge in [-0.25, -0.2) is 0 Å². The molecule has 3 nitrogen and oxygen atoms in total. The van der Waals surface area contributed by atoms with Crippen molar-refractivity contribution in [3.63, 3.8) is 0 Å². The van der Waals surface area contributed by atoms with Crippen LogP contribution < -0.4 is 9.64 Å². The van der Waals surface area contributed by atoms with Gasteiger partial charge in [0.25, 0.3) is 0 Å². The van der Waals surface area contributed by atoms with Gasteiger partial charge in [0.15, 0.2) is 0 Å². The molecule has 1 heterocycles. The van der Waals surface area contributed by atoms with E-state index < -0.39 is 0 Å². The molecule has 0 aliphatic carbocycles. The third-order valence-electron chi connectivity index (χ3n) is 4.73. The summed E-state index contributed by atoms with van der Waals surface area (Å²) in [5, 5.41) is 10.3. The van der Waals surface area contributed by atoms with Gasteiger partial charge in [-0.15, -0.1) is 0 Å². The molecule has 2 N–H and O–H groups in total. The van der Waals surface area contributed by atoms with Gasteiger partial charge < -0.3 is 14.7 Å². The summed E-state index contributed by atoms with van der Waals surface area (Å²) < 4.78 is 5.94. The van der Waals surface area contributed by atoms with Crippen LogP contribution >= 0.6 is 0 Å². The van der Waals surface area contributed by atoms with Crippen LogP contribution in [0, 0.1) is 12.8 Å². The van der Waals surface area contributed by atoms with Crippen LogP contribution in [-0.2, 0) is 0 Å². The molecule has 3 heteroatoms. The Morgan fingerprint density at radius 2 is 1.95 bits per heavy atom. The highest BCUT2D eigenvalue weighted by Crippen LogP contribution is 2.27. The van der Waals surface area contributed by atoms with Gasteiger partial charge in [-0.1, -0.05) is 32.9 Å². The van der Waals surface area contributed by atoms with Crippen molar-refractivity contribution in [2.45, 2.75) is 52.6 Å². The molecule has 1 aliphatic rings. The number of aliphatic hydroxyl groups is 1. The highest BCUT2D eigenvalue weighted by molar-refractivity contribution is 5.39. The fraction of sp³-hybridized carbons (Fsp3) is 0.684. The number of piperidine rings is 1. The van der Waals surface area contributed by atoms with Gasteiger partial charge in [0.2, 0.25) is 0 Å². The number of nitrogens with one attached hydrogen (secondary N) is 1. The van der Waals surface area contributed by atoms with Gasteiger partial charge in [-0.05, 0) is 48.8 Å². The van der Waals surface area contributed by atoms with E-state index >= 15 is 0 Å². The Hall–Kier alpha value is -1.06. The minimum atomic E-state index is -0.385. The number of likely N-dealkylation sites (tertiary alicyclic amines) is 1. The molecule has 0 amide bonds. The summed E-state index contributed by atoms with van der Waals surface area (Å²) in [6.07, 6.45) is 2.17. The molecule has 2 rings (SSSR count). The second-order valence-electron chi connectivity index (χ2n) is 7.30. The average Bonchev–Trinajstić information content (AvgIpc) is 2.47. The minimum absolute atomic E-state index is 0.385. The second-order valence-corrected chi connectivity index (χ2v) is 7.30. The topological polar surface area (TPSA) is 33.9 Å². The van der Waals surface area contributed by atoms with Gasteiger partial charge in [-0.3, -0.25) is 0 Å². The first-order valence-electron chi connectivity index (χ1n) is 8.70. The molecule has 0 bridgehead atoms. The van der Waals surface area contributed by atoms with E-state index in [9.17, 15) is 5.11 Å². The van der Waals surface area contributed by atoms with E-state index in [-0.39, 0.29) is 6.10 Å². The summed E-state index contributed by atoms with van der Waals surface area (Å²) in [5.41, 5.74) is 2.42. The molecule has 0 spiro atoms. The van der Waals surface area contributed by atoms with Crippen LogP contribution in [0.5, 0.6) is 5.75 Å². The summed E-state index contributed by atoms with van der Waals surface area (Å²) in [6.45, 7) is 12.3. The van der Waals surface area contributed by atoms with E-state index in [1.54, 1.807) is 0 Å². The smallest absolute Gasteiger partial charge is 0.137 e. The molecule has 1 atom stereocenters. The Balaban J connectivity index is 1.85. The first-order chi connectivity index (χ1) is 10.5. The number of benzene rings is 1. The van der Waals surface area contributed by atoms with Crippen molar-refractivity contribution in [2.75, 3.05) is 26.2 Å². The predicted octanol–water partition coefficient (Wildman–Crippen LogP) is 2.17. The number of hydrogen-bond acceptors (Lipinski definition) is 2. The minimum Gasteiger partial charge on any atom is -0.490 e. The summed E-state index contributed by atoms with van der Waals surface area (Å²) >= 11 is 0. The largest absolute Gasteiger partial charge is 0.490 e. The zero-order valence-corrected chi connectivity index (χ0v) is 14.6. The van der Waals surface area contributed by atoms with Gasteiger partial charge >= 0.3 is 0 Å². The highest BCUT2D eigenvalue weighted by Gasteiger charge is 2.22. The van der Waals surface area contributed by atoms with Crippen LogP contribution in [0.1, 0.15) is 50.7 Å². The standard InChI is InChI=1S/C19H31NO2/c1-14(2)18-6-5-16(4)11-19(18)22-13-17(21)12-20-9-7-15(3)8-10-20/h5-6,11,14-15,17,21H,7-10,12-13H2,1-4H3/p+1. The zero-order chi connectivity index (χ0) is 16.1. The Labute approximate surface area is 135 Å². The highest BCUT2D eigenvalue weighted by atomic mass is 16.5. The maximum atomic E-state index is 10.3. The lowest BCUT2D eigenvalue weighted by Gasteiger charge is -2.29. The Bertz CT molecular complexity index is 465. The van der Waals surface area contributed by atoms with Gasteiger partial charge in [0.05, 0.1) is 13.1 Å². The van der Waals surface area contributed by atoms with E-state index in [4.69, 9.17) is 4.74 Å². The van der Waals surface area contributed by atoms with Gasteiger partial charge in [0.1, 0.15) is 25.0 Å². The lowest BCUT2D eigenvalue weighted by molar-refractivity contribution is -0.909. The Kier molecular flexibility index (Phi) is 6.27. The fourth-order valence-electron chi connectivity index (χ4n) is 3.20. The van der Waals surface area contributed by atoms with Crippen molar-refractivity contribution in [1.29, 1.82) is 0 Å². The maximum Gasteiger partial charge on any atom is 0.137 e. The van der Waals surface area contributed by atoms with Gasteiger partial charge in [0, 0.05) is 0 Å². The average molecular weight is 306 g/mol. The van der Waals surface area contributed by atoms with Crippen molar-refractivity contribution in [1.82, 2.24) is 0 Å². The molecule has 1 unspecified atom stereocenters. The van der Waals surface area contributed by atoms with E-state index in [0.717, 1.165) is 18.2 Å². The van der Waals surface area contributed by atoms with Crippen molar-refractivity contribution < 1.29 is 14.7 Å². The number of rotatable bonds is 6. The molecular weight excluding hydrogens is 274 g/mol. The van der Waals surface area contributed by atoms with Crippen LogP contribution in [-0.4, -0.2) is 37.5 Å². The molecule has 0 aromatic heterocycles. The third-order valence-corrected chi connectivity index (χ3v) is 4.73. The molecule has 1 aromatic rings. The van der Waals surface area contributed by atoms with Crippen LogP contribution in [0.4, 0.5) is 0 Å². The van der Waals surface area contributed by atoms with E-state index in [1.165, 1.54) is 42.0 Å². The van der Waals surface area contributed by atoms with E-state index in [2.05, 4.69) is 45.9 Å². The number of aliphatic hydroxyl groups excluding tert-OH is 1. The van der Waals surface area contributed by atoms with Gasteiger partial charge in [-0.2, -0.15) is 0 Å². The zero-order valence-electron chi connectivity index (χ0n) is 14.6. The molecule has 1 fully saturated rings. The van der Waals surface area contributed by atoms with Crippen LogP contribution in [0.3, 0.4) is 0 Å². The van der Waals surface area contributed by atoms with E-state index in [0.29, 0.717) is 12.5 Å². The summed E-state index contributed by atoms with van der Waals surface area (Å²) in [6, 6.07) is 6.34.